The summed E-state index contributed by atoms with van der Waals surface area (Å²) in [7, 11) is 1.97. The highest BCUT2D eigenvalue weighted by Gasteiger charge is 2.22. The molecule has 5 nitrogen and oxygen atoms in total. The molecule has 0 saturated carbocycles. The first-order valence-corrected chi connectivity index (χ1v) is 9.71. The van der Waals surface area contributed by atoms with Crippen molar-refractivity contribution in [1.29, 1.82) is 0 Å². The molecule has 0 bridgehead atoms. The van der Waals surface area contributed by atoms with Crippen molar-refractivity contribution in [3.63, 3.8) is 0 Å². The molecule has 0 aliphatic carbocycles. The van der Waals surface area contributed by atoms with Gasteiger partial charge in [-0.1, -0.05) is 29.8 Å². The Kier molecular flexibility index (Phi) is 7.87. The number of carbonyl (C=O) groups excluding carboxylic acids is 1. The molecule has 1 fully saturated rings. The van der Waals surface area contributed by atoms with E-state index < -0.39 is 0 Å². The summed E-state index contributed by atoms with van der Waals surface area (Å²) in [4.78, 5) is 16.8. The number of likely N-dealkylation sites (N-methyl/N-ethyl adjacent to an activating group) is 1. The second-order valence-electron chi connectivity index (χ2n) is 7.35. The van der Waals surface area contributed by atoms with Crippen molar-refractivity contribution in [2.75, 3.05) is 51.7 Å². The molecular weight excluding hydrogens is 382 g/mol. The smallest absolute Gasteiger partial charge is 0.238 e. The number of halogens is 1. The van der Waals surface area contributed by atoms with Gasteiger partial charge in [0, 0.05) is 36.3 Å². The molecule has 6 heteroatoms. The lowest BCUT2D eigenvalue weighted by atomic mass is 10.1. The number of nitrogens with one attached hydrogen (secondary N) is 1. The van der Waals surface area contributed by atoms with Gasteiger partial charge in [0.05, 0.1) is 19.3 Å². The number of morpholine rings is 1. The Balaban J connectivity index is 1.79. The second-order valence-corrected chi connectivity index (χ2v) is 8.27. The van der Waals surface area contributed by atoms with Crippen LogP contribution in [0.4, 0.5) is 5.69 Å². The molecule has 1 aliphatic heterocycles. The fourth-order valence-corrected chi connectivity index (χ4v) is 3.66. The molecule has 1 aliphatic rings. The number of rotatable bonds is 7. The van der Waals surface area contributed by atoms with Crippen molar-refractivity contribution in [2.24, 2.45) is 5.92 Å². The number of ether oxygens (including phenoxy) is 1. The van der Waals surface area contributed by atoms with Crippen LogP contribution in [0.25, 0.3) is 0 Å². The fourth-order valence-electron chi connectivity index (χ4n) is 3.19. The summed E-state index contributed by atoms with van der Waals surface area (Å²) >= 11 is 3.44. The summed E-state index contributed by atoms with van der Waals surface area (Å²) in [5.74, 6) is 0.666. The van der Waals surface area contributed by atoms with Gasteiger partial charge < -0.3 is 10.1 Å². The van der Waals surface area contributed by atoms with Gasteiger partial charge in [-0.2, -0.15) is 0 Å². The van der Waals surface area contributed by atoms with Crippen LogP contribution in [0, 0.1) is 12.8 Å². The van der Waals surface area contributed by atoms with Gasteiger partial charge in [0.25, 0.3) is 0 Å². The molecule has 140 valence electrons. The lowest BCUT2D eigenvalue weighted by Gasteiger charge is -2.35. The number of carbonyl (C=O) groups is 1. The molecule has 1 heterocycles. The van der Waals surface area contributed by atoms with Gasteiger partial charge in [-0.15, -0.1) is 0 Å². The average molecular weight is 412 g/mol. The average Bonchev–Trinajstić information content (AvgIpc) is 2.49. The third-order valence-corrected chi connectivity index (χ3v) is 4.73. The summed E-state index contributed by atoms with van der Waals surface area (Å²) in [6.07, 6.45) is 0.166. The molecule has 1 saturated heterocycles. The zero-order valence-corrected chi connectivity index (χ0v) is 17.3. The Labute approximate surface area is 159 Å². The van der Waals surface area contributed by atoms with Crippen molar-refractivity contribution >= 4 is 27.5 Å². The van der Waals surface area contributed by atoms with E-state index in [2.05, 4.69) is 40.0 Å². The maximum absolute atomic E-state index is 12.3. The van der Waals surface area contributed by atoms with Gasteiger partial charge in [-0.25, -0.2) is 0 Å². The topological polar surface area (TPSA) is 44.8 Å². The van der Waals surface area contributed by atoms with Crippen molar-refractivity contribution in [3.8, 4) is 0 Å². The molecule has 1 amide bonds. The molecule has 0 spiro atoms. The minimum Gasteiger partial charge on any atom is -0.374 e. The largest absolute Gasteiger partial charge is 0.374 e. The van der Waals surface area contributed by atoms with E-state index in [9.17, 15) is 4.79 Å². The molecule has 1 N–H and O–H groups in total. The van der Waals surface area contributed by atoms with E-state index in [1.54, 1.807) is 0 Å². The molecule has 0 unspecified atom stereocenters. The first-order valence-electron chi connectivity index (χ1n) is 8.92. The Morgan fingerprint density at radius 1 is 1.48 bits per heavy atom. The Morgan fingerprint density at radius 3 is 2.92 bits per heavy atom. The molecule has 1 aromatic rings. The van der Waals surface area contributed by atoms with Crippen LogP contribution in [0.15, 0.2) is 22.7 Å². The minimum absolute atomic E-state index is 0.00256. The van der Waals surface area contributed by atoms with E-state index in [0.717, 1.165) is 48.5 Å². The Bertz CT molecular complexity index is 580. The molecule has 0 aromatic heterocycles. The van der Waals surface area contributed by atoms with Crippen LogP contribution < -0.4 is 5.32 Å². The Hall–Kier alpha value is -0.950. The summed E-state index contributed by atoms with van der Waals surface area (Å²) in [5.41, 5.74) is 1.91. The second kappa shape index (κ2) is 9.67. The first-order chi connectivity index (χ1) is 11.8. The van der Waals surface area contributed by atoms with Crippen molar-refractivity contribution in [2.45, 2.75) is 26.9 Å². The van der Waals surface area contributed by atoms with Crippen LogP contribution in [0.5, 0.6) is 0 Å². The third-order valence-electron chi connectivity index (χ3n) is 4.24. The number of hydrogen-bond donors (Lipinski definition) is 1. The van der Waals surface area contributed by atoms with E-state index in [1.807, 2.05) is 37.1 Å². The Morgan fingerprint density at radius 2 is 2.24 bits per heavy atom. The van der Waals surface area contributed by atoms with E-state index in [-0.39, 0.29) is 12.0 Å². The van der Waals surface area contributed by atoms with E-state index >= 15 is 0 Å². The molecule has 0 radical (unpaired) electrons. The normalized spacial score (nSPS) is 18.8. The molecule has 1 aromatic carbocycles. The highest BCUT2D eigenvalue weighted by atomic mass is 79.9. The minimum atomic E-state index is 0.00256. The fraction of sp³-hybridized carbons (Fsp3) is 0.632. The SMILES string of the molecule is Cc1cc(Br)ccc1NC(=O)CN(C)C[C@@H]1CN(CC(C)C)CCO1. The summed E-state index contributed by atoms with van der Waals surface area (Å²) in [6, 6.07) is 5.86. The standard InChI is InChI=1S/C19H30BrN3O2/c1-14(2)10-23-7-8-25-17(12-23)11-22(4)13-19(24)21-18-6-5-16(20)9-15(18)3/h5-6,9,14,17H,7-8,10-13H2,1-4H3,(H,21,24)/t17-/m1/s1. The maximum Gasteiger partial charge on any atom is 0.238 e. The zero-order valence-electron chi connectivity index (χ0n) is 15.7. The van der Waals surface area contributed by atoms with Crippen LogP contribution in [-0.4, -0.2) is 68.2 Å². The number of anilines is 1. The van der Waals surface area contributed by atoms with Crippen molar-refractivity contribution in [3.05, 3.63) is 28.2 Å². The monoisotopic (exact) mass is 411 g/mol. The third kappa shape index (κ3) is 7.05. The van der Waals surface area contributed by atoms with E-state index in [0.29, 0.717) is 12.5 Å². The highest BCUT2D eigenvalue weighted by molar-refractivity contribution is 9.10. The lowest BCUT2D eigenvalue weighted by Crippen LogP contribution is -2.48. The van der Waals surface area contributed by atoms with Crippen LogP contribution in [-0.2, 0) is 9.53 Å². The van der Waals surface area contributed by atoms with Gasteiger partial charge in [0.2, 0.25) is 5.91 Å². The van der Waals surface area contributed by atoms with Gasteiger partial charge in [0.15, 0.2) is 0 Å². The first kappa shape index (κ1) is 20.4. The number of benzene rings is 1. The number of aryl methyl sites for hydroxylation is 1. The molecular formula is C19H30BrN3O2. The zero-order chi connectivity index (χ0) is 18.4. The quantitative estimate of drug-likeness (QED) is 0.748. The van der Waals surface area contributed by atoms with Crippen molar-refractivity contribution < 1.29 is 9.53 Å². The van der Waals surface area contributed by atoms with Gasteiger partial charge in [0.1, 0.15) is 0 Å². The van der Waals surface area contributed by atoms with Crippen LogP contribution in [0.3, 0.4) is 0 Å². The van der Waals surface area contributed by atoms with Gasteiger partial charge in [-0.3, -0.25) is 14.6 Å². The predicted octanol–water partition coefficient (Wildman–Crippen LogP) is 2.98. The number of hydrogen-bond acceptors (Lipinski definition) is 4. The van der Waals surface area contributed by atoms with Crippen LogP contribution in [0.2, 0.25) is 0 Å². The highest BCUT2D eigenvalue weighted by Crippen LogP contribution is 2.20. The van der Waals surface area contributed by atoms with Crippen LogP contribution in [0.1, 0.15) is 19.4 Å². The summed E-state index contributed by atoms with van der Waals surface area (Å²) in [6.45, 7) is 11.4. The molecule has 1 atom stereocenters. The summed E-state index contributed by atoms with van der Waals surface area (Å²) < 4.78 is 6.89. The molecule has 2 rings (SSSR count). The summed E-state index contributed by atoms with van der Waals surface area (Å²) in [5, 5.41) is 2.99. The number of nitrogens with zero attached hydrogens (tertiary/aromatic N) is 2. The van der Waals surface area contributed by atoms with Crippen LogP contribution >= 0.6 is 15.9 Å². The lowest BCUT2D eigenvalue weighted by molar-refractivity contribution is -0.117. The van der Waals surface area contributed by atoms with Gasteiger partial charge >= 0.3 is 0 Å². The van der Waals surface area contributed by atoms with Gasteiger partial charge in [-0.05, 0) is 43.7 Å². The molecule has 25 heavy (non-hydrogen) atoms. The van der Waals surface area contributed by atoms with E-state index in [1.165, 1.54) is 0 Å². The van der Waals surface area contributed by atoms with Crippen molar-refractivity contribution in [1.82, 2.24) is 9.80 Å². The number of amides is 1. The maximum atomic E-state index is 12.3. The predicted molar refractivity (Wildman–Crippen MR) is 106 cm³/mol. The van der Waals surface area contributed by atoms with E-state index in [4.69, 9.17) is 4.74 Å².